The highest BCUT2D eigenvalue weighted by atomic mass is 35.5. The van der Waals surface area contributed by atoms with Gasteiger partial charge in [0.1, 0.15) is 5.60 Å². The number of aliphatic hydroxyl groups is 1. The quantitative estimate of drug-likeness (QED) is 0.313. The van der Waals surface area contributed by atoms with Gasteiger partial charge in [-0.1, -0.05) is 41.9 Å². The van der Waals surface area contributed by atoms with Gasteiger partial charge in [-0.05, 0) is 68.0 Å². The van der Waals surface area contributed by atoms with E-state index in [1.807, 2.05) is 42.5 Å². The van der Waals surface area contributed by atoms with Gasteiger partial charge in [-0.25, -0.2) is 4.68 Å². The van der Waals surface area contributed by atoms with E-state index in [-0.39, 0.29) is 0 Å². The van der Waals surface area contributed by atoms with Gasteiger partial charge in [-0.3, -0.25) is 0 Å². The lowest BCUT2D eigenvalue weighted by molar-refractivity contribution is -0.137. The van der Waals surface area contributed by atoms with Crippen molar-refractivity contribution in [2.24, 2.45) is 0 Å². The van der Waals surface area contributed by atoms with Crippen LogP contribution in [0.5, 0.6) is 0 Å². The summed E-state index contributed by atoms with van der Waals surface area (Å²) in [5.74, 6) is 0. The van der Waals surface area contributed by atoms with E-state index >= 15 is 0 Å². The third kappa shape index (κ3) is 5.21. The van der Waals surface area contributed by atoms with Crippen LogP contribution in [0.25, 0.3) is 28.4 Å². The van der Waals surface area contributed by atoms with Gasteiger partial charge in [-0.15, -0.1) is 11.3 Å². The van der Waals surface area contributed by atoms with Crippen LogP contribution in [0, 0.1) is 0 Å². The van der Waals surface area contributed by atoms with E-state index < -0.39 is 17.3 Å². The van der Waals surface area contributed by atoms with Crippen molar-refractivity contribution in [1.29, 1.82) is 0 Å². The van der Waals surface area contributed by atoms with Gasteiger partial charge in [0.15, 0.2) is 0 Å². The van der Waals surface area contributed by atoms with E-state index in [0.717, 1.165) is 27.6 Å². The predicted molar refractivity (Wildman–Crippen MR) is 128 cm³/mol. The summed E-state index contributed by atoms with van der Waals surface area (Å²) in [6.07, 6.45) is -0.731. The molecule has 4 aromatic rings. The lowest BCUT2D eigenvalue weighted by Gasteiger charge is -2.13. The van der Waals surface area contributed by atoms with Crippen molar-refractivity contribution < 1.29 is 18.3 Å². The minimum atomic E-state index is -4.35. The SMILES string of the molecule is CC(C)(O)c1cc(-c2ccc(/C=C/c3ccc(C(F)(F)F)cc3)s2)n(-c2ccccc2Cl)n1. The maximum atomic E-state index is 12.7. The molecule has 33 heavy (non-hydrogen) atoms. The highest BCUT2D eigenvalue weighted by Gasteiger charge is 2.29. The second-order valence-corrected chi connectivity index (χ2v) is 9.51. The van der Waals surface area contributed by atoms with Crippen molar-refractivity contribution in [2.75, 3.05) is 0 Å². The fourth-order valence-electron chi connectivity index (χ4n) is 3.20. The molecule has 0 bridgehead atoms. The first-order chi connectivity index (χ1) is 15.5. The first-order valence-corrected chi connectivity index (χ1v) is 11.3. The Morgan fingerprint density at radius 3 is 2.30 bits per heavy atom. The number of benzene rings is 2. The van der Waals surface area contributed by atoms with E-state index in [4.69, 9.17) is 11.6 Å². The molecular weight excluding hydrogens is 469 g/mol. The van der Waals surface area contributed by atoms with E-state index in [9.17, 15) is 18.3 Å². The molecule has 0 saturated heterocycles. The molecule has 0 amide bonds. The first-order valence-electron chi connectivity index (χ1n) is 10.1. The number of alkyl halides is 3. The highest BCUT2D eigenvalue weighted by molar-refractivity contribution is 7.16. The summed E-state index contributed by atoms with van der Waals surface area (Å²) < 4.78 is 39.9. The zero-order valence-corrected chi connectivity index (χ0v) is 19.3. The monoisotopic (exact) mass is 488 g/mol. The Kier molecular flexibility index (Phi) is 6.22. The lowest BCUT2D eigenvalue weighted by Crippen LogP contribution is -2.16. The Labute approximate surface area is 198 Å². The molecule has 0 saturated carbocycles. The Balaban J connectivity index is 1.66. The van der Waals surface area contributed by atoms with Crippen LogP contribution < -0.4 is 0 Å². The lowest BCUT2D eigenvalue weighted by atomic mass is 10.1. The van der Waals surface area contributed by atoms with E-state index in [2.05, 4.69) is 5.10 Å². The molecule has 8 heteroatoms. The maximum absolute atomic E-state index is 12.7. The number of halogens is 4. The molecule has 0 radical (unpaired) electrons. The molecule has 4 rings (SSSR count). The molecular formula is C25H20ClF3N2OS. The molecule has 0 aliphatic carbocycles. The fraction of sp³-hybridized carbons (Fsp3) is 0.160. The number of nitrogens with zero attached hydrogens (tertiary/aromatic N) is 2. The summed E-state index contributed by atoms with van der Waals surface area (Å²) >= 11 is 7.90. The number of aromatic nitrogens is 2. The van der Waals surface area contributed by atoms with E-state index in [1.165, 1.54) is 23.5 Å². The normalized spacial score (nSPS) is 12.6. The van der Waals surface area contributed by atoms with Gasteiger partial charge in [0, 0.05) is 4.88 Å². The summed E-state index contributed by atoms with van der Waals surface area (Å²) in [4.78, 5) is 1.83. The molecule has 3 nitrogen and oxygen atoms in total. The van der Waals surface area contributed by atoms with Crippen LogP contribution in [0.4, 0.5) is 13.2 Å². The van der Waals surface area contributed by atoms with Gasteiger partial charge in [-0.2, -0.15) is 18.3 Å². The summed E-state index contributed by atoms with van der Waals surface area (Å²) in [5.41, 5.74) is 0.841. The van der Waals surface area contributed by atoms with Gasteiger partial charge >= 0.3 is 6.18 Å². The average molecular weight is 489 g/mol. The molecule has 0 atom stereocenters. The Hall–Kier alpha value is -2.87. The molecule has 2 aromatic carbocycles. The van der Waals surface area contributed by atoms with Crippen LogP contribution in [0.3, 0.4) is 0 Å². The predicted octanol–water partition coefficient (Wildman–Crippen LogP) is 7.67. The number of rotatable bonds is 5. The maximum Gasteiger partial charge on any atom is 0.416 e. The van der Waals surface area contributed by atoms with Gasteiger partial charge in [0.25, 0.3) is 0 Å². The molecule has 0 aliphatic rings. The van der Waals surface area contributed by atoms with Crippen molar-refractivity contribution in [1.82, 2.24) is 9.78 Å². The second kappa shape index (κ2) is 8.82. The van der Waals surface area contributed by atoms with Gasteiger partial charge < -0.3 is 5.11 Å². The van der Waals surface area contributed by atoms with E-state index in [0.29, 0.717) is 22.0 Å². The van der Waals surface area contributed by atoms with Crippen molar-refractivity contribution in [3.8, 4) is 16.3 Å². The number of para-hydroxylation sites is 1. The highest BCUT2D eigenvalue weighted by Crippen LogP contribution is 2.35. The van der Waals surface area contributed by atoms with E-state index in [1.54, 1.807) is 30.7 Å². The van der Waals surface area contributed by atoms with Crippen LogP contribution in [0.2, 0.25) is 5.02 Å². The molecule has 1 N–H and O–H groups in total. The minimum Gasteiger partial charge on any atom is -0.384 e. The molecule has 170 valence electrons. The summed E-state index contributed by atoms with van der Waals surface area (Å²) in [6, 6.07) is 18.0. The van der Waals surface area contributed by atoms with Crippen LogP contribution in [-0.4, -0.2) is 14.9 Å². The van der Waals surface area contributed by atoms with Crippen LogP contribution >= 0.6 is 22.9 Å². The Morgan fingerprint density at radius 2 is 1.67 bits per heavy atom. The van der Waals surface area contributed by atoms with Crippen LogP contribution in [0.1, 0.15) is 35.5 Å². The number of hydrogen-bond donors (Lipinski definition) is 1. The van der Waals surface area contributed by atoms with Crippen molar-refractivity contribution in [3.05, 3.63) is 93.5 Å². The zero-order chi connectivity index (χ0) is 23.8. The fourth-order valence-corrected chi connectivity index (χ4v) is 4.33. The number of hydrogen-bond acceptors (Lipinski definition) is 3. The minimum absolute atomic E-state index is 0.507. The first kappa shape index (κ1) is 23.3. The molecule has 0 unspecified atom stereocenters. The molecule has 0 fully saturated rings. The number of thiophene rings is 1. The Bertz CT molecular complexity index is 1300. The van der Waals surface area contributed by atoms with Gasteiger partial charge in [0.2, 0.25) is 0 Å². The largest absolute Gasteiger partial charge is 0.416 e. The smallest absolute Gasteiger partial charge is 0.384 e. The third-order valence-corrected chi connectivity index (χ3v) is 6.37. The van der Waals surface area contributed by atoms with Gasteiger partial charge in [0.05, 0.1) is 32.5 Å². The van der Waals surface area contributed by atoms with Crippen molar-refractivity contribution in [3.63, 3.8) is 0 Å². The molecule has 0 aliphatic heterocycles. The standard InChI is InChI=1S/C25H20ClF3N2OS/c1-24(2,32)23-15-21(31(30-23)20-6-4-3-5-19(20)26)22-14-13-18(33-22)12-9-16-7-10-17(11-8-16)25(27,28)29/h3-15,32H,1-2H3/b12-9+. The second-order valence-electron chi connectivity index (χ2n) is 7.99. The Morgan fingerprint density at radius 1 is 0.970 bits per heavy atom. The van der Waals surface area contributed by atoms with Crippen LogP contribution in [-0.2, 0) is 11.8 Å². The summed E-state index contributed by atoms with van der Waals surface area (Å²) in [6.45, 7) is 3.34. The van der Waals surface area contributed by atoms with Crippen LogP contribution in [0.15, 0.2) is 66.7 Å². The molecule has 2 aromatic heterocycles. The topological polar surface area (TPSA) is 38.0 Å². The summed E-state index contributed by atoms with van der Waals surface area (Å²) in [5, 5.41) is 15.6. The van der Waals surface area contributed by atoms with Crippen molar-refractivity contribution in [2.45, 2.75) is 25.6 Å². The third-order valence-electron chi connectivity index (χ3n) is 4.97. The summed E-state index contributed by atoms with van der Waals surface area (Å²) in [7, 11) is 0. The molecule has 0 spiro atoms. The zero-order valence-electron chi connectivity index (χ0n) is 17.8. The van der Waals surface area contributed by atoms with Crippen molar-refractivity contribution >= 4 is 35.1 Å². The average Bonchev–Trinajstić information content (AvgIpc) is 3.39. The molecule has 2 heterocycles.